The van der Waals surface area contributed by atoms with E-state index in [0.717, 1.165) is 0 Å². The number of hydrogen-bond acceptors (Lipinski definition) is 8. The lowest BCUT2D eigenvalue weighted by Crippen LogP contribution is -2.60. The maximum absolute atomic E-state index is 13.1. The van der Waals surface area contributed by atoms with Crippen LogP contribution in [0.3, 0.4) is 0 Å². The fourth-order valence-electron chi connectivity index (χ4n) is 3.30. The normalized spacial score (nSPS) is 14.6. The fourth-order valence-corrected chi connectivity index (χ4v) is 3.30. The summed E-state index contributed by atoms with van der Waals surface area (Å²) in [6.45, 7) is 1.35. The minimum atomic E-state index is -1.58. The molecule has 38 heavy (non-hydrogen) atoms. The quantitative estimate of drug-likeness (QED) is 0.0582. The summed E-state index contributed by atoms with van der Waals surface area (Å²) in [5.41, 5.74) is 16.6. The van der Waals surface area contributed by atoms with Crippen molar-refractivity contribution in [1.82, 2.24) is 16.0 Å². The van der Waals surface area contributed by atoms with Gasteiger partial charge >= 0.3 is 11.9 Å². The topological polar surface area (TPSA) is 273 Å². The van der Waals surface area contributed by atoms with E-state index < -0.39 is 66.4 Å². The van der Waals surface area contributed by atoms with Gasteiger partial charge in [0.15, 0.2) is 5.96 Å². The Hall–Kier alpha value is -4.24. The molecule has 0 bridgehead atoms. The number of nitrogens with one attached hydrogen (secondary N) is 3. The van der Waals surface area contributed by atoms with Gasteiger partial charge < -0.3 is 48.5 Å². The number of aliphatic imine (C=N–C) groups is 1. The maximum Gasteiger partial charge on any atom is 0.326 e. The summed E-state index contributed by atoms with van der Waals surface area (Å²) < 4.78 is 0. The van der Waals surface area contributed by atoms with Gasteiger partial charge in [-0.1, -0.05) is 30.3 Å². The molecular formula is C23H35N7O8. The second-order valence-corrected chi connectivity index (χ2v) is 8.53. The molecule has 12 N–H and O–H groups in total. The number of benzene rings is 1. The molecule has 0 spiro atoms. The Kier molecular flexibility index (Phi) is 13.2. The summed E-state index contributed by atoms with van der Waals surface area (Å²) in [7, 11) is 0. The number of aliphatic hydroxyl groups excluding tert-OH is 1. The van der Waals surface area contributed by atoms with Crippen LogP contribution in [0.5, 0.6) is 0 Å². The van der Waals surface area contributed by atoms with Gasteiger partial charge in [0.25, 0.3) is 0 Å². The molecule has 0 radical (unpaired) electrons. The minimum absolute atomic E-state index is 0.00230. The van der Waals surface area contributed by atoms with Crippen LogP contribution in [0.15, 0.2) is 35.3 Å². The summed E-state index contributed by atoms with van der Waals surface area (Å²) >= 11 is 0. The van der Waals surface area contributed by atoms with Gasteiger partial charge in [0.05, 0.1) is 18.6 Å². The molecule has 0 heterocycles. The van der Waals surface area contributed by atoms with Gasteiger partial charge in [-0.05, 0) is 25.3 Å². The van der Waals surface area contributed by atoms with Crippen LogP contribution in [-0.2, 0) is 30.4 Å². The van der Waals surface area contributed by atoms with Gasteiger partial charge in [0.1, 0.15) is 18.1 Å². The molecule has 5 atom stereocenters. The largest absolute Gasteiger partial charge is 0.481 e. The zero-order valence-electron chi connectivity index (χ0n) is 20.9. The van der Waals surface area contributed by atoms with Gasteiger partial charge in [-0.25, -0.2) is 4.79 Å². The zero-order chi connectivity index (χ0) is 28.8. The molecule has 0 saturated heterocycles. The second kappa shape index (κ2) is 15.8. The van der Waals surface area contributed by atoms with Crippen LogP contribution in [0.4, 0.5) is 0 Å². The fraction of sp³-hybridized carbons (Fsp3) is 0.478. The van der Waals surface area contributed by atoms with Gasteiger partial charge in [0, 0.05) is 13.0 Å². The first-order chi connectivity index (χ1) is 17.8. The first-order valence-electron chi connectivity index (χ1n) is 11.7. The third kappa shape index (κ3) is 11.7. The number of amides is 3. The van der Waals surface area contributed by atoms with Gasteiger partial charge in [0.2, 0.25) is 17.7 Å². The van der Waals surface area contributed by atoms with E-state index in [2.05, 4.69) is 20.9 Å². The van der Waals surface area contributed by atoms with Crippen molar-refractivity contribution in [3.63, 3.8) is 0 Å². The Morgan fingerprint density at radius 1 is 0.921 bits per heavy atom. The molecule has 210 valence electrons. The maximum atomic E-state index is 13.1. The molecule has 15 heteroatoms. The predicted octanol–water partition coefficient (Wildman–Crippen LogP) is -3.00. The number of nitrogens with zero attached hydrogens (tertiary/aromatic N) is 1. The molecule has 3 amide bonds. The van der Waals surface area contributed by atoms with Gasteiger partial charge in [-0.3, -0.25) is 24.2 Å². The van der Waals surface area contributed by atoms with Crippen molar-refractivity contribution in [3.05, 3.63) is 35.9 Å². The Morgan fingerprint density at radius 2 is 1.53 bits per heavy atom. The number of carboxylic acid groups (broad SMARTS) is 2. The Labute approximate surface area is 218 Å². The second-order valence-electron chi connectivity index (χ2n) is 8.53. The van der Waals surface area contributed by atoms with Crippen molar-refractivity contribution in [2.75, 3.05) is 6.54 Å². The lowest BCUT2D eigenvalue weighted by atomic mass is 10.0. The molecule has 5 unspecified atom stereocenters. The monoisotopic (exact) mass is 537 g/mol. The number of guanidine groups is 1. The van der Waals surface area contributed by atoms with Crippen LogP contribution >= 0.6 is 0 Å². The molecule has 1 rings (SSSR count). The van der Waals surface area contributed by atoms with Crippen molar-refractivity contribution in [1.29, 1.82) is 0 Å². The first-order valence-corrected chi connectivity index (χ1v) is 11.7. The summed E-state index contributed by atoms with van der Waals surface area (Å²) in [5, 5.41) is 35.4. The Morgan fingerprint density at radius 3 is 2.05 bits per heavy atom. The van der Waals surface area contributed by atoms with E-state index in [1.807, 2.05) is 0 Å². The number of rotatable bonds is 16. The van der Waals surface area contributed by atoms with Crippen LogP contribution in [-0.4, -0.2) is 87.8 Å². The highest BCUT2D eigenvalue weighted by Crippen LogP contribution is 2.07. The number of carboxylic acids is 2. The van der Waals surface area contributed by atoms with E-state index in [1.165, 1.54) is 6.92 Å². The van der Waals surface area contributed by atoms with Crippen molar-refractivity contribution >= 4 is 35.6 Å². The molecule has 0 fully saturated rings. The van der Waals surface area contributed by atoms with E-state index in [9.17, 15) is 34.2 Å². The standard InChI is InChI=1S/C23H35N7O8/c1-12(31)18(30-19(34)14(24)11-17(32)33)21(36)29-16(10-13-6-3-2-4-7-13)20(35)28-15(22(37)38)8-5-9-27-23(25)26/h2-4,6-7,12,14-16,18,31H,5,8-11,24H2,1H3,(H,28,35)(H,29,36)(H,30,34)(H,32,33)(H,37,38)(H4,25,26,27). The summed E-state index contributed by atoms with van der Waals surface area (Å²) in [5.74, 6) is -5.59. The van der Waals surface area contributed by atoms with Crippen molar-refractivity contribution < 1.29 is 39.3 Å². The van der Waals surface area contributed by atoms with Crippen LogP contribution < -0.4 is 33.2 Å². The lowest BCUT2D eigenvalue weighted by Gasteiger charge is -2.26. The predicted molar refractivity (Wildman–Crippen MR) is 135 cm³/mol. The molecule has 0 aliphatic rings. The van der Waals surface area contributed by atoms with E-state index in [-0.39, 0.29) is 31.8 Å². The average molecular weight is 538 g/mol. The Balaban J connectivity index is 3.06. The highest BCUT2D eigenvalue weighted by Gasteiger charge is 2.32. The summed E-state index contributed by atoms with van der Waals surface area (Å²) in [6, 6.07) is 2.86. The summed E-state index contributed by atoms with van der Waals surface area (Å²) in [4.78, 5) is 64.6. The van der Waals surface area contributed by atoms with Crippen LogP contribution in [0.25, 0.3) is 0 Å². The number of carbonyl (C=O) groups excluding carboxylic acids is 3. The third-order valence-electron chi connectivity index (χ3n) is 5.27. The Bertz CT molecular complexity index is 999. The molecule has 15 nitrogen and oxygen atoms in total. The van der Waals surface area contributed by atoms with Crippen LogP contribution in [0.1, 0.15) is 31.7 Å². The lowest BCUT2D eigenvalue weighted by molar-refractivity contribution is -0.142. The third-order valence-corrected chi connectivity index (χ3v) is 5.27. The molecular weight excluding hydrogens is 502 g/mol. The van der Waals surface area contributed by atoms with Crippen molar-refractivity contribution in [2.45, 2.75) is 62.9 Å². The molecule has 1 aromatic rings. The molecule has 1 aromatic carbocycles. The summed E-state index contributed by atoms with van der Waals surface area (Å²) in [6.07, 6.45) is -1.95. The molecule has 0 aliphatic carbocycles. The molecule has 0 aromatic heterocycles. The zero-order valence-corrected chi connectivity index (χ0v) is 20.9. The van der Waals surface area contributed by atoms with E-state index in [4.69, 9.17) is 22.3 Å². The minimum Gasteiger partial charge on any atom is -0.481 e. The highest BCUT2D eigenvalue weighted by atomic mass is 16.4. The van der Waals surface area contributed by atoms with Crippen LogP contribution in [0, 0.1) is 0 Å². The van der Waals surface area contributed by atoms with Crippen molar-refractivity contribution in [3.8, 4) is 0 Å². The van der Waals surface area contributed by atoms with Gasteiger partial charge in [-0.2, -0.15) is 0 Å². The van der Waals surface area contributed by atoms with E-state index in [0.29, 0.717) is 5.56 Å². The number of aliphatic hydroxyl groups is 1. The van der Waals surface area contributed by atoms with Gasteiger partial charge in [-0.15, -0.1) is 0 Å². The van der Waals surface area contributed by atoms with E-state index in [1.54, 1.807) is 30.3 Å². The number of nitrogens with two attached hydrogens (primary N) is 3. The first kappa shape index (κ1) is 31.8. The van der Waals surface area contributed by atoms with Crippen LogP contribution in [0.2, 0.25) is 0 Å². The molecule has 0 saturated carbocycles. The number of aliphatic carboxylic acids is 2. The SMILES string of the molecule is CC(O)C(NC(=O)C(N)CC(=O)O)C(=O)NC(Cc1ccccc1)C(=O)NC(CCCN=C(N)N)C(=O)O. The highest BCUT2D eigenvalue weighted by molar-refractivity contribution is 5.95. The average Bonchev–Trinajstić information content (AvgIpc) is 2.83. The van der Waals surface area contributed by atoms with E-state index >= 15 is 0 Å². The van der Waals surface area contributed by atoms with Crippen molar-refractivity contribution in [2.24, 2.45) is 22.2 Å². The smallest absolute Gasteiger partial charge is 0.326 e. The number of hydrogen-bond donors (Lipinski definition) is 9. The number of carbonyl (C=O) groups is 5. The molecule has 0 aliphatic heterocycles.